The minimum absolute atomic E-state index is 0.475. The first-order valence-corrected chi connectivity index (χ1v) is 11.7. The van der Waals surface area contributed by atoms with Crippen LogP contribution in [0, 0.1) is 5.92 Å². The molecule has 0 spiro atoms. The summed E-state index contributed by atoms with van der Waals surface area (Å²) in [6.07, 6.45) is 4.38. The Balaban J connectivity index is 1.36. The third kappa shape index (κ3) is 7.89. The molecule has 0 amide bonds. The predicted octanol–water partition coefficient (Wildman–Crippen LogP) is 3.04. The van der Waals surface area contributed by atoms with Crippen molar-refractivity contribution in [3.05, 3.63) is 35.9 Å². The first-order chi connectivity index (χ1) is 14.7. The van der Waals surface area contributed by atoms with Gasteiger partial charge in [0.25, 0.3) is 0 Å². The van der Waals surface area contributed by atoms with Crippen LogP contribution in [0.25, 0.3) is 0 Å². The maximum Gasteiger partial charge on any atom is 0.191 e. The van der Waals surface area contributed by atoms with Gasteiger partial charge in [0.2, 0.25) is 0 Å². The number of hydrogen-bond donors (Lipinski definition) is 2. The number of hydrogen-bond acceptors (Lipinski definition) is 4. The van der Waals surface area contributed by atoms with Crippen LogP contribution in [-0.4, -0.2) is 69.0 Å². The van der Waals surface area contributed by atoms with Crippen LogP contribution >= 0.6 is 0 Å². The van der Waals surface area contributed by atoms with Gasteiger partial charge in [-0.1, -0.05) is 30.3 Å². The number of rotatable bonds is 10. The summed E-state index contributed by atoms with van der Waals surface area (Å²) in [5.74, 6) is 1.53. The lowest BCUT2D eigenvalue weighted by atomic mass is 9.97. The quantitative estimate of drug-likeness (QED) is 0.349. The number of benzene rings is 1. The van der Waals surface area contributed by atoms with Crippen molar-refractivity contribution >= 4 is 5.96 Å². The monoisotopic (exact) mass is 416 g/mol. The molecule has 6 nitrogen and oxygen atoms in total. The molecule has 3 atom stereocenters. The summed E-state index contributed by atoms with van der Waals surface area (Å²) in [5, 5.41) is 7.06. The van der Waals surface area contributed by atoms with Crippen LogP contribution in [-0.2, 0) is 16.0 Å². The zero-order valence-electron chi connectivity index (χ0n) is 18.8. The van der Waals surface area contributed by atoms with Gasteiger partial charge in [-0.2, -0.15) is 0 Å². The molecule has 2 fully saturated rings. The molecule has 3 unspecified atom stereocenters. The number of aliphatic imine (C=N–C) groups is 1. The Hall–Kier alpha value is -1.63. The first kappa shape index (κ1) is 23.0. The lowest BCUT2D eigenvalue weighted by molar-refractivity contribution is 0.0893. The molecule has 168 valence electrons. The summed E-state index contributed by atoms with van der Waals surface area (Å²) in [5.41, 5.74) is 1.40. The fourth-order valence-electron chi connectivity index (χ4n) is 4.24. The Kier molecular flexibility index (Phi) is 9.93. The third-order valence-electron chi connectivity index (χ3n) is 6.02. The summed E-state index contributed by atoms with van der Waals surface area (Å²) < 4.78 is 11.2. The highest BCUT2D eigenvalue weighted by Crippen LogP contribution is 2.20. The van der Waals surface area contributed by atoms with E-state index in [4.69, 9.17) is 14.5 Å². The highest BCUT2D eigenvalue weighted by Gasteiger charge is 2.26. The van der Waals surface area contributed by atoms with Gasteiger partial charge in [0.05, 0.1) is 13.2 Å². The van der Waals surface area contributed by atoms with E-state index in [-0.39, 0.29) is 0 Å². The van der Waals surface area contributed by atoms with Crippen molar-refractivity contribution in [3.63, 3.8) is 0 Å². The maximum atomic E-state index is 5.79. The zero-order chi connectivity index (χ0) is 21.0. The van der Waals surface area contributed by atoms with Crippen molar-refractivity contribution in [2.45, 2.75) is 58.2 Å². The molecule has 3 rings (SSSR count). The molecular weight excluding hydrogens is 376 g/mol. The topological polar surface area (TPSA) is 58.1 Å². The van der Waals surface area contributed by atoms with Crippen molar-refractivity contribution in [1.82, 2.24) is 15.5 Å². The lowest BCUT2D eigenvalue weighted by Gasteiger charge is -2.38. The number of nitrogens with zero attached hydrogens (tertiary/aromatic N) is 2. The molecule has 0 saturated carbocycles. The van der Waals surface area contributed by atoms with Gasteiger partial charge < -0.3 is 20.1 Å². The van der Waals surface area contributed by atoms with Gasteiger partial charge in [-0.15, -0.1) is 0 Å². The molecule has 30 heavy (non-hydrogen) atoms. The average molecular weight is 417 g/mol. The highest BCUT2D eigenvalue weighted by atomic mass is 16.5. The Morgan fingerprint density at radius 2 is 2.13 bits per heavy atom. The van der Waals surface area contributed by atoms with Crippen LogP contribution in [0.1, 0.15) is 45.1 Å². The Labute approximate surface area is 182 Å². The Bertz CT molecular complexity index is 619. The van der Waals surface area contributed by atoms with E-state index < -0.39 is 0 Å². The van der Waals surface area contributed by atoms with Gasteiger partial charge in [-0.25, -0.2) is 0 Å². The number of ether oxygens (including phenoxy) is 2. The zero-order valence-corrected chi connectivity index (χ0v) is 18.8. The Morgan fingerprint density at radius 3 is 2.87 bits per heavy atom. The third-order valence-corrected chi connectivity index (χ3v) is 6.02. The van der Waals surface area contributed by atoms with Gasteiger partial charge in [0.1, 0.15) is 0 Å². The van der Waals surface area contributed by atoms with Crippen molar-refractivity contribution in [2.24, 2.45) is 10.9 Å². The maximum absolute atomic E-state index is 5.79. The molecule has 2 heterocycles. The number of nitrogens with one attached hydrogen (secondary N) is 2. The molecule has 1 aromatic carbocycles. The molecule has 0 aliphatic carbocycles. The molecule has 2 saturated heterocycles. The average Bonchev–Trinajstić information content (AvgIpc) is 3.27. The number of piperidine rings is 1. The molecule has 2 aliphatic heterocycles. The molecule has 0 aromatic heterocycles. The first-order valence-electron chi connectivity index (χ1n) is 11.7. The standard InChI is InChI=1S/C24H40N4O2/c1-3-25-24(26-12-7-14-29-18-22-11-15-30-19-22)27-23-10-13-28(20(2)16-23)17-21-8-5-4-6-9-21/h4-6,8-9,20,22-23H,3,7,10-19H2,1-2H3,(H2,25,26,27). The smallest absolute Gasteiger partial charge is 0.191 e. The van der Waals surface area contributed by atoms with Gasteiger partial charge in [-0.3, -0.25) is 9.89 Å². The van der Waals surface area contributed by atoms with Gasteiger partial charge in [-0.05, 0) is 45.1 Å². The summed E-state index contributed by atoms with van der Waals surface area (Å²) in [4.78, 5) is 7.35. The van der Waals surface area contributed by atoms with E-state index in [0.29, 0.717) is 18.0 Å². The van der Waals surface area contributed by atoms with E-state index in [2.05, 4.69) is 59.7 Å². The van der Waals surface area contributed by atoms with E-state index in [1.807, 2.05) is 0 Å². The van der Waals surface area contributed by atoms with E-state index in [0.717, 1.165) is 84.2 Å². The van der Waals surface area contributed by atoms with Gasteiger partial charge in [0.15, 0.2) is 5.96 Å². The number of likely N-dealkylation sites (tertiary alicyclic amines) is 1. The van der Waals surface area contributed by atoms with Crippen molar-refractivity contribution in [2.75, 3.05) is 46.1 Å². The van der Waals surface area contributed by atoms with Gasteiger partial charge >= 0.3 is 0 Å². The fraction of sp³-hybridized carbons (Fsp3) is 0.708. The molecule has 2 N–H and O–H groups in total. The van der Waals surface area contributed by atoms with E-state index in [1.54, 1.807) is 0 Å². The molecule has 2 aliphatic rings. The Morgan fingerprint density at radius 1 is 1.27 bits per heavy atom. The fourth-order valence-corrected chi connectivity index (χ4v) is 4.24. The van der Waals surface area contributed by atoms with E-state index >= 15 is 0 Å². The summed E-state index contributed by atoms with van der Waals surface area (Å²) in [7, 11) is 0. The van der Waals surface area contributed by atoms with Crippen molar-refractivity contribution in [1.29, 1.82) is 0 Å². The van der Waals surface area contributed by atoms with Crippen LogP contribution in [0.4, 0.5) is 0 Å². The molecule has 1 aromatic rings. The number of guanidine groups is 1. The molecule has 6 heteroatoms. The predicted molar refractivity (Wildman–Crippen MR) is 123 cm³/mol. The SMILES string of the molecule is CCNC(=NCCCOCC1CCOC1)NC1CCN(Cc2ccccc2)C(C)C1. The second-order valence-electron chi connectivity index (χ2n) is 8.59. The van der Waals surface area contributed by atoms with Crippen LogP contribution in [0.5, 0.6) is 0 Å². The van der Waals surface area contributed by atoms with Crippen LogP contribution in [0.3, 0.4) is 0 Å². The summed E-state index contributed by atoms with van der Waals surface area (Å²) in [6.45, 7) is 11.6. The largest absolute Gasteiger partial charge is 0.381 e. The van der Waals surface area contributed by atoms with Crippen LogP contribution in [0.15, 0.2) is 35.3 Å². The molecule has 0 bridgehead atoms. The minimum Gasteiger partial charge on any atom is -0.381 e. The molecule has 0 radical (unpaired) electrons. The van der Waals surface area contributed by atoms with E-state index in [9.17, 15) is 0 Å². The summed E-state index contributed by atoms with van der Waals surface area (Å²) in [6, 6.07) is 11.8. The summed E-state index contributed by atoms with van der Waals surface area (Å²) >= 11 is 0. The van der Waals surface area contributed by atoms with Crippen LogP contribution in [0.2, 0.25) is 0 Å². The van der Waals surface area contributed by atoms with Crippen molar-refractivity contribution < 1.29 is 9.47 Å². The second kappa shape index (κ2) is 12.9. The second-order valence-corrected chi connectivity index (χ2v) is 8.59. The highest BCUT2D eigenvalue weighted by molar-refractivity contribution is 5.80. The minimum atomic E-state index is 0.475. The normalized spacial score (nSPS) is 25.4. The lowest BCUT2D eigenvalue weighted by Crippen LogP contribution is -2.51. The van der Waals surface area contributed by atoms with E-state index in [1.165, 1.54) is 5.56 Å². The van der Waals surface area contributed by atoms with Gasteiger partial charge in [0, 0.05) is 57.4 Å². The molecular formula is C24H40N4O2. The van der Waals surface area contributed by atoms with Crippen LogP contribution < -0.4 is 10.6 Å². The van der Waals surface area contributed by atoms with Crippen molar-refractivity contribution in [3.8, 4) is 0 Å².